The van der Waals surface area contributed by atoms with Crippen LogP contribution >= 0.6 is 11.8 Å². The topological polar surface area (TPSA) is 55.6 Å². The molecular formula is C23H24FN5S. The maximum absolute atomic E-state index is 13.3. The average Bonchev–Trinajstić information content (AvgIpc) is 3.15. The van der Waals surface area contributed by atoms with E-state index >= 15 is 0 Å². The number of nitrogens with one attached hydrogen (secondary N) is 1. The van der Waals surface area contributed by atoms with Crippen molar-refractivity contribution in [1.82, 2.24) is 19.7 Å². The van der Waals surface area contributed by atoms with Crippen LogP contribution < -0.4 is 5.32 Å². The van der Waals surface area contributed by atoms with Crippen molar-refractivity contribution in [2.24, 2.45) is 5.41 Å². The normalized spacial score (nSPS) is 22.8. The predicted octanol–water partition coefficient (Wildman–Crippen LogP) is 5.13. The van der Waals surface area contributed by atoms with E-state index in [9.17, 15) is 4.39 Å². The van der Waals surface area contributed by atoms with Gasteiger partial charge in [0, 0.05) is 17.7 Å². The Morgan fingerprint density at radius 3 is 2.87 bits per heavy atom. The number of nitrogens with zero attached hydrogens (tertiary/aromatic N) is 4. The quantitative estimate of drug-likeness (QED) is 0.467. The zero-order valence-corrected chi connectivity index (χ0v) is 17.9. The standard InChI is InChI=1S/C23H24FN5S/c1-23-13-15-14-26-29(18-8-6-17(24)7-9-18)19(15)12-16(23)4-3-5-20(23)27-21-10-11-25-22(28-21)30-2/h6-12,14,20H,3-5,13H2,1-2H3,(H,25,27,28)/t20-,23-/m0/s1. The molecule has 5 nitrogen and oxygen atoms in total. The molecule has 1 N–H and O–H groups in total. The predicted molar refractivity (Wildman–Crippen MR) is 118 cm³/mol. The molecule has 1 saturated carbocycles. The molecule has 0 spiro atoms. The molecule has 2 atom stereocenters. The minimum Gasteiger partial charge on any atom is -0.366 e. The summed E-state index contributed by atoms with van der Waals surface area (Å²) in [4.78, 5) is 8.91. The van der Waals surface area contributed by atoms with E-state index in [0.29, 0.717) is 6.04 Å². The Morgan fingerprint density at radius 2 is 2.07 bits per heavy atom. The van der Waals surface area contributed by atoms with Crippen LogP contribution in [-0.2, 0) is 6.42 Å². The van der Waals surface area contributed by atoms with Crippen LogP contribution in [0.15, 0.2) is 53.5 Å². The van der Waals surface area contributed by atoms with Crippen LogP contribution in [0.1, 0.15) is 37.4 Å². The van der Waals surface area contributed by atoms with Crippen molar-refractivity contribution in [3.63, 3.8) is 0 Å². The van der Waals surface area contributed by atoms with Crippen LogP contribution in [0.3, 0.4) is 0 Å². The molecular weight excluding hydrogens is 397 g/mol. The Balaban J connectivity index is 1.47. The minimum atomic E-state index is -0.235. The van der Waals surface area contributed by atoms with Crippen molar-refractivity contribution >= 4 is 23.7 Å². The fourth-order valence-corrected chi connectivity index (χ4v) is 5.11. The highest BCUT2D eigenvalue weighted by molar-refractivity contribution is 7.98. The van der Waals surface area contributed by atoms with Gasteiger partial charge in [-0.15, -0.1) is 0 Å². The van der Waals surface area contributed by atoms with Crippen molar-refractivity contribution in [3.8, 4) is 5.69 Å². The third-order valence-electron chi connectivity index (χ3n) is 6.41. The molecule has 2 heterocycles. The van der Waals surface area contributed by atoms with E-state index in [0.717, 1.165) is 48.0 Å². The Labute approximate surface area is 179 Å². The summed E-state index contributed by atoms with van der Waals surface area (Å²) >= 11 is 1.55. The van der Waals surface area contributed by atoms with Gasteiger partial charge in [0.1, 0.15) is 11.6 Å². The van der Waals surface area contributed by atoms with Crippen LogP contribution in [-0.4, -0.2) is 32.0 Å². The van der Waals surface area contributed by atoms with Gasteiger partial charge in [-0.1, -0.05) is 24.3 Å². The number of hydrogen-bond donors (Lipinski definition) is 1. The number of rotatable bonds is 4. The lowest BCUT2D eigenvalue weighted by Gasteiger charge is -2.46. The highest BCUT2D eigenvalue weighted by Crippen LogP contribution is 2.48. The molecule has 1 aromatic carbocycles. The van der Waals surface area contributed by atoms with Crippen molar-refractivity contribution < 1.29 is 4.39 Å². The number of halogens is 1. The number of benzene rings is 1. The van der Waals surface area contributed by atoms with Gasteiger partial charge in [0.2, 0.25) is 0 Å². The summed E-state index contributed by atoms with van der Waals surface area (Å²) in [6.45, 7) is 2.35. The Kier molecular flexibility index (Phi) is 4.85. The Hall–Kier alpha value is -2.67. The first kappa shape index (κ1) is 19.3. The van der Waals surface area contributed by atoms with E-state index in [2.05, 4.69) is 33.4 Å². The van der Waals surface area contributed by atoms with Crippen LogP contribution in [0, 0.1) is 11.2 Å². The van der Waals surface area contributed by atoms with Gasteiger partial charge in [0.25, 0.3) is 0 Å². The first-order chi connectivity index (χ1) is 14.6. The zero-order chi connectivity index (χ0) is 20.7. The first-order valence-electron chi connectivity index (χ1n) is 10.2. The van der Waals surface area contributed by atoms with Crippen molar-refractivity contribution in [2.75, 3.05) is 11.6 Å². The Morgan fingerprint density at radius 1 is 1.23 bits per heavy atom. The van der Waals surface area contributed by atoms with Crippen LogP contribution in [0.5, 0.6) is 0 Å². The molecule has 0 aliphatic heterocycles. The zero-order valence-electron chi connectivity index (χ0n) is 17.1. The summed E-state index contributed by atoms with van der Waals surface area (Å²) in [6.07, 6.45) is 12.3. The second-order valence-corrected chi connectivity index (χ2v) is 9.00. The molecule has 0 bridgehead atoms. The number of fused-ring (bicyclic) bond motifs is 2. The van der Waals surface area contributed by atoms with E-state index in [4.69, 9.17) is 0 Å². The third-order valence-corrected chi connectivity index (χ3v) is 6.97. The van der Waals surface area contributed by atoms with Gasteiger partial charge in [-0.3, -0.25) is 0 Å². The van der Waals surface area contributed by atoms with Crippen LogP contribution in [0.25, 0.3) is 11.8 Å². The molecule has 0 radical (unpaired) electrons. The third kappa shape index (κ3) is 3.31. The lowest BCUT2D eigenvalue weighted by molar-refractivity contribution is 0.267. The van der Waals surface area contributed by atoms with Gasteiger partial charge in [0.15, 0.2) is 5.16 Å². The SMILES string of the molecule is CSc1nccc(N[C@H]2CCCC3=Cc4c(cnn4-c4ccc(F)cc4)C[C@@]32C)n1. The van der Waals surface area contributed by atoms with Gasteiger partial charge in [0.05, 0.1) is 17.6 Å². The van der Waals surface area contributed by atoms with Gasteiger partial charge >= 0.3 is 0 Å². The molecule has 1 fully saturated rings. The summed E-state index contributed by atoms with van der Waals surface area (Å²) < 4.78 is 15.3. The highest BCUT2D eigenvalue weighted by atomic mass is 32.2. The monoisotopic (exact) mass is 421 g/mol. The van der Waals surface area contributed by atoms with E-state index in [1.54, 1.807) is 23.9 Å². The number of thioether (sulfide) groups is 1. The van der Waals surface area contributed by atoms with Crippen molar-refractivity contribution in [3.05, 3.63) is 65.4 Å². The fraction of sp³-hybridized carbons (Fsp3) is 0.348. The van der Waals surface area contributed by atoms with Crippen LogP contribution in [0.2, 0.25) is 0 Å². The van der Waals surface area contributed by atoms with Crippen molar-refractivity contribution in [1.29, 1.82) is 0 Å². The highest BCUT2D eigenvalue weighted by Gasteiger charge is 2.43. The maximum atomic E-state index is 13.3. The minimum absolute atomic E-state index is 0.00633. The largest absolute Gasteiger partial charge is 0.366 e. The van der Waals surface area contributed by atoms with E-state index in [1.807, 2.05) is 29.4 Å². The summed E-state index contributed by atoms with van der Waals surface area (Å²) in [5, 5.41) is 9.10. The van der Waals surface area contributed by atoms with Gasteiger partial charge in [-0.05, 0) is 73.9 Å². The molecule has 3 aromatic rings. The van der Waals surface area contributed by atoms with Gasteiger partial charge < -0.3 is 5.32 Å². The molecule has 5 rings (SSSR count). The molecule has 30 heavy (non-hydrogen) atoms. The molecule has 2 aliphatic rings. The van der Waals surface area contributed by atoms with Gasteiger partial charge in [-0.2, -0.15) is 5.10 Å². The summed E-state index contributed by atoms with van der Waals surface area (Å²) in [5.41, 5.74) is 4.68. The summed E-state index contributed by atoms with van der Waals surface area (Å²) in [5.74, 6) is 0.649. The second-order valence-electron chi connectivity index (χ2n) is 8.22. The van der Waals surface area contributed by atoms with E-state index in [-0.39, 0.29) is 11.2 Å². The number of aromatic nitrogens is 4. The van der Waals surface area contributed by atoms with E-state index < -0.39 is 0 Å². The molecule has 0 saturated heterocycles. The molecule has 0 amide bonds. The average molecular weight is 422 g/mol. The smallest absolute Gasteiger partial charge is 0.189 e. The van der Waals surface area contributed by atoms with Crippen molar-refractivity contribution in [2.45, 2.75) is 43.8 Å². The van der Waals surface area contributed by atoms with E-state index in [1.165, 1.54) is 23.3 Å². The van der Waals surface area contributed by atoms with Gasteiger partial charge in [-0.25, -0.2) is 19.0 Å². The Bertz CT molecular complexity index is 1110. The molecule has 7 heteroatoms. The fourth-order valence-electron chi connectivity index (χ4n) is 4.76. The molecule has 2 aromatic heterocycles. The molecule has 0 unspecified atom stereocenters. The number of anilines is 1. The summed E-state index contributed by atoms with van der Waals surface area (Å²) in [6, 6.07) is 8.76. The maximum Gasteiger partial charge on any atom is 0.189 e. The lowest BCUT2D eigenvalue weighted by Crippen LogP contribution is -2.45. The first-order valence-corrected chi connectivity index (χ1v) is 11.5. The molecule has 154 valence electrons. The van der Waals surface area contributed by atoms with Crippen LogP contribution in [0.4, 0.5) is 10.2 Å². The molecule has 2 aliphatic carbocycles. The number of hydrogen-bond acceptors (Lipinski definition) is 5. The summed E-state index contributed by atoms with van der Waals surface area (Å²) in [7, 11) is 0. The lowest BCUT2D eigenvalue weighted by atomic mass is 9.63. The second kappa shape index (κ2) is 7.54.